The van der Waals surface area contributed by atoms with Crippen molar-refractivity contribution in [3.05, 3.63) is 88.0 Å². The number of carbonyl (C=O) groups excluding carboxylic acids is 1. The molecule has 0 aliphatic carbocycles. The van der Waals surface area contributed by atoms with Crippen LogP contribution < -0.4 is 16.3 Å². The smallest absolute Gasteiger partial charge is 0.330 e. The summed E-state index contributed by atoms with van der Waals surface area (Å²) in [7, 11) is 0. The Morgan fingerprint density at radius 1 is 1.10 bits per heavy atom. The standard InChI is InChI=1S/C22H23N7O2/c1-14-10-15(2)29(27-14)20-9-8-17(12-23-20)13-24-21(30)26-18-6-4-5-7-19(18)28-16(3)11-25-22(28)31/h4-12H,13H2,1-3H3,(H,25,31)(H2,24,26,30). The van der Waals surface area contributed by atoms with E-state index in [4.69, 9.17) is 0 Å². The Kier molecular flexibility index (Phi) is 5.40. The SMILES string of the molecule is Cc1cc(C)n(-c2ccc(CNC(=O)Nc3ccccc3-n3c(C)c[nH]c3=O)cn2)n1. The van der Waals surface area contributed by atoms with Crippen LogP contribution in [0.5, 0.6) is 0 Å². The molecule has 0 saturated heterocycles. The number of H-pyrrole nitrogens is 1. The number of hydrogen-bond acceptors (Lipinski definition) is 4. The first kappa shape index (κ1) is 20.1. The zero-order chi connectivity index (χ0) is 22.0. The minimum absolute atomic E-state index is 0.263. The van der Waals surface area contributed by atoms with Crippen LogP contribution in [0.25, 0.3) is 11.5 Å². The highest BCUT2D eigenvalue weighted by molar-refractivity contribution is 5.91. The highest BCUT2D eigenvalue weighted by Crippen LogP contribution is 2.19. The quantitative estimate of drug-likeness (QED) is 0.464. The number of benzene rings is 1. The number of hydrogen-bond donors (Lipinski definition) is 3. The molecule has 0 atom stereocenters. The number of pyridine rings is 1. The topological polar surface area (TPSA) is 110 Å². The third-order valence-corrected chi connectivity index (χ3v) is 4.84. The maximum Gasteiger partial charge on any atom is 0.330 e. The lowest BCUT2D eigenvalue weighted by atomic mass is 10.2. The van der Waals surface area contributed by atoms with Gasteiger partial charge in [0.05, 0.1) is 17.1 Å². The van der Waals surface area contributed by atoms with Gasteiger partial charge in [0.15, 0.2) is 5.82 Å². The van der Waals surface area contributed by atoms with Crippen LogP contribution in [0.3, 0.4) is 0 Å². The van der Waals surface area contributed by atoms with E-state index in [2.05, 4.69) is 25.7 Å². The number of carbonyl (C=O) groups is 1. The Morgan fingerprint density at radius 3 is 2.55 bits per heavy atom. The molecule has 9 heteroatoms. The number of nitrogens with one attached hydrogen (secondary N) is 3. The molecule has 0 aliphatic heterocycles. The normalized spacial score (nSPS) is 10.8. The average molecular weight is 417 g/mol. The summed E-state index contributed by atoms with van der Waals surface area (Å²) in [6.07, 6.45) is 3.34. The molecule has 4 aromatic rings. The van der Waals surface area contributed by atoms with Crippen LogP contribution in [0, 0.1) is 20.8 Å². The van der Waals surface area contributed by atoms with Crippen LogP contribution in [0.2, 0.25) is 0 Å². The number of anilines is 1. The molecule has 3 heterocycles. The first-order valence-electron chi connectivity index (χ1n) is 9.82. The fourth-order valence-electron chi connectivity index (χ4n) is 3.39. The summed E-state index contributed by atoms with van der Waals surface area (Å²) in [5.74, 6) is 0.722. The van der Waals surface area contributed by atoms with E-state index in [-0.39, 0.29) is 11.7 Å². The third-order valence-electron chi connectivity index (χ3n) is 4.84. The second-order valence-electron chi connectivity index (χ2n) is 7.26. The molecular formula is C22H23N7O2. The van der Waals surface area contributed by atoms with E-state index in [0.29, 0.717) is 17.9 Å². The van der Waals surface area contributed by atoms with E-state index < -0.39 is 0 Å². The predicted octanol–water partition coefficient (Wildman–Crippen LogP) is 2.99. The van der Waals surface area contributed by atoms with E-state index in [1.54, 1.807) is 35.3 Å². The van der Waals surface area contributed by atoms with Gasteiger partial charge in [-0.25, -0.2) is 19.3 Å². The molecule has 0 radical (unpaired) electrons. The minimum Gasteiger partial charge on any atom is -0.334 e. The van der Waals surface area contributed by atoms with E-state index in [1.807, 2.05) is 45.0 Å². The maximum absolute atomic E-state index is 12.5. The molecule has 31 heavy (non-hydrogen) atoms. The lowest BCUT2D eigenvalue weighted by molar-refractivity contribution is 0.251. The Morgan fingerprint density at radius 2 is 1.90 bits per heavy atom. The predicted molar refractivity (Wildman–Crippen MR) is 118 cm³/mol. The van der Waals surface area contributed by atoms with Gasteiger partial charge in [0, 0.05) is 30.3 Å². The van der Waals surface area contributed by atoms with Crippen molar-refractivity contribution < 1.29 is 4.79 Å². The van der Waals surface area contributed by atoms with Crippen LogP contribution in [0.4, 0.5) is 10.5 Å². The number of urea groups is 1. The van der Waals surface area contributed by atoms with Gasteiger partial charge in [0.2, 0.25) is 0 Å². The Hall–Kier alpha value is -4.14. The van der Waals surface area contributed by atoms with Crippen molar-refractivity contribution in [1.82, 2.24) is 29.6 Å². The first-order valence-corrected chi connectivity index (χ1v) is 9.82. The summed E-state index contributed by atoms with van der Waals surface area (Å²) in [4.78, 5) is 31.7. The van der Waals surface area contributed by atoms with Gasteiger partial charge >= 0.3 is 11.7 Å². The fourth-order valence-corrected chi connectivity index (χ4v) is 3.39. The summed E-state index contributed by atoms with van der Waals surface area (Å²) in [5, 5.41) is 10.0. The molecule has 0 spiro atoms. The first-order chi connectivity index (χ1) is 14.9. The van der Waals surface area contributed by atoms with Gasteiger partial charge in [0.25, 0.3) is 0 Å². The van der Waals surface area contributed by atoms with Gasteiger partial charge in [0.1, 0.15) is 0 Å². The number of imidazole rings is 1. The van der Waals surface area contributed by atoms with Crippen molar-refractivity contribution in [1.29, 1.82) is 0 Å². The van der Waals surface area contributed by atoms with E-state index in [1.165, 1.54) is 4.57 Å². The molecule has 0 bridgehead atoms. The Bertz CT molecular complexity index is 1280. The zero-order valence-electron chi connectivity index (χ0n) is 17.5. The van der Waals surface area contributed by atoms with Gasteiger partial charge in [-0.05, 0) is 50.6 Å². The lowest BCUT2D eigenvalue weighted by Crippen LogP contribution is -2.29. The van der Waals surface area contributed by atoms with Crippen LogP contribution >= 0.6 is 0 Å². The fraction of sp³-hybridized carbons (Fsp3) is 0.182. The molecule has 0 saturated carbocycles. The van der Waals surface area contributed by atoms with E-state index in [9.17, 15) is 9.59 Å². The highest BCUT2D eigenvalue weighted by Gasteiger charge is 2.12. The summed E-state index contributed by atoms with van der Waals surface area (Å²) in [6.45, 7) is 6.04. The third kappa shape index (κ3) is 4.25. The molecule has 0 unspecified atom stereocenters. The van der Waals surface area contributed by atoms with Gasteiger partial charge in [-0.3, -0.25) is 4.57 Å². The van der Waals surface area contributed by atoms with Crippen molar-refractivity contribution in [2.24, 2.45) is 0 Å². The highest BCUT2D eigenvalue weighted by atomic mass is 16.2. The Balaban J connectivity index is 1.43. The lowest BCUT2D eigenvalue weighted by Gasteiger charge is -2.13. The summed E-state index contributed by atoms with van der Waals surface area (Å²) in [5.41, 5.74) is 4.39. The van der Waals surface area contributed by atoms with E-state index in [0.717, 1.165) is 28.5 Å². The molecule has 4 rings (SSSR count). The summed E-state index contributed by atoms with van der Waals surface area (Å²) >= 11 is 0. The van der Waals surface area contributed by atoms with Gasteiger partial charge in [-0.1, -0.05) is 18.2 Å². The average Bonchev–Trinajstić information content (AvgIpc) is 3.27. The van der Waals surface area contributed by atoms with Gasteiger partial charge in [-0.2, -0.15) is 5.10 Å². The van der Waals surface area contributed by atoms with Crippen LogP contribution in [-0.2, 0) is 6.54 Å². The molecule has 158 valence electrons. The second kappa shape index (κ2) is 8.31. The van der Waals surface area contributed by atoms with Crippen molar-refractivity contribution in [2.45, 2.75) is 27.3 Å². The summed E-state index contributed by atoms with van der Waals surface area (Å²) in [6, 6.07) is 12.5. The summed E-state index contributed by atoms with van der Waals surface area (Å²) < 4.78 is 3.29. The largest absolute Gasteiger partial charge is 0.334 e. The number of rotatable bonds is 5. The second-order valence-corrected chi connectivity index (χ2v) is 7.26. The van der Waals surface area contributed by atoms with Gasteiger partial charge in [-0.15, -0.1) is 0 Å². The van der Waals surface area contributed by atoms with Crippen molar-refractivity contribution in [3.63, 3.8) is 0 Å². The molecule has 1 aromatic carbocycles. The molecule has 0 fully saturated rings. The van der Waals surface area contributed by atoms with Crippen molar-refractivity contribution in [2.75, 3.05) is 5.32 Å². The monoisotopic (exact) mass is 417 g/mol. The molecule has 3 N–H and O–H groups in total. The Labute approximate surface area is 178 Å². The number of para-hydroxylation sites is 2. The van der Waals surface area contributed by atoms with Gasteiger partial charge < -0.3 is 15.6 Å². The van der Waals surface area contributed by atoms with E-state index >= 15 is 0 Å². The molecule has 3 aromatic heterocycles. The number of aryl methyl sites for hydroxylation is 3. The van der Waals surface area contributed by atoms with Crippen LogP contribution in [-0.4, -0.2) is 30.3 Å². The van der Waals surface area contributed by atoms with Crippen LogP contribution in [0.1, 0.15) is 22.6 Å². The maximum atomic E-state index is 12.5. The molecule has 2 amide bonds. The number of nitrogens with zero attached hydrogens (tertiary/aromatic N) is 4. The number of aromatic amines is 1. The zero-order valence-corrected chi connectivity index (χ0v) is 17.5. The van der Waals surface area contributed by atoms with Crippen LogP contribution in [0.15, 0.2) is 59.7 Å². The molecular weight excluding hydrogens is 394 g/mol. The number of aromatic nitrogens is 5. The van der Waals surface area contributed by atoms with Crippen molar-refractivity contribution >= 4 is 11.7 Å². The minimum atomic E-state index is -0.378. The molecule has 0 aliphatic rings. The van der Waals surface area contributed by atoms with Crippen molar-refractivity contribution in [3.8, 4) is 11.5 Å². The molecule has 9 nitrogen and oxygen atoms in total. The number of amides is 2.